The summed E-state index contributed by atoms with van der Waals surface area (Å²) in [4.78, 5) is 11.3. The van der Waals surface area contributed by atoms with Crippen LogP contribution in [-0.2, 0) is 19.4 Å². The minimum atomic E-state index is -2.95. The number of ether oxygens (including phenoxy) is 1. The Hall–Kier alpha value is -0.840. The first kappa shape index (κ1) is 14.2. The van der Waals surface area contributed by atoms with Crippen LogP contribution in [0.25, 0.3) is 0 Å². The monoisotopic (exact) mass is 260 g/mol. The fourth-order valence-electron chi connectivity index (χ4n) is 2.00. The van der Waals surface area contributed by atoms with Crippen molar-refractivity contribution in [1.29, 1.82) is 0 Å². The molecule has 98 valence electrons. The number of rotatable bonds is 4. The molecular weight excluding hydrogens is 240 g/mol. The topological polar surface area (TPSA) is 60.4 Å². The van der Waals surface area contributed by atoms with Crippen LogP contribution in [-0.4, -0.2) is 31.5 Å². The molecule has 1 aliphatic carbocycles. The predicted molar refractivity (Wildman–Crippen MR) is 66.4 cm³/mol. The molecule has 5 heteroatoms. The molecule has 0 aromatic heterocycles. The lowest BCUT2D eigenvalue weighted by atomic mass is 9.97. The van der Waals surface area contributed by atoms with Gasteiger partial charge in [0.2, 0.25) is 0 Å². The summed E-state index contributed by atoms with van der Waals surface area (Å²) in [6.07, 6.45) is 2.28. The van der Waals surface area contributed by atoms with E-state index in [2.05, 4.69) is 6.58 Å². The molecule has 0 unspecified atom stereocenters. The van der Waals surface area contributed by atoms with Crippen LogP contribution in [0.1, 0.15) is 39.5 Å². The van der Waals surface area contributed by atoms with Crippen molar-refractivity contribution in [2.75, 3.05) is 5.75 Å². The van der Waals surface area contributed by atoms with Crippen LogP contribution >= 0.6 is 0 Å². The lowest BCUT2D eigenvalue weighted by Gasteiger charge is -2.27. The first-order valence-corrected chi connectivity index (χ1v) is 7.66. The third-order valence-corrected chi connectivity index (χ3v) is 5.45. The molecule has 0 aliphatic heterocycles. The molecule has 0 saturated heterocycles. The first-order chi connectivity index (χ1) is 7.86. The van der Waals surface area contributed by atoms with E-state index in [9.17, 15) is 13.2 Å². The van der Waals surface area contributed by atoms with Gasteiger partial charge in [0, 0.05) is 11.3 Å². The summed E-state index contributed by atoms with van der Waals surface area (Å²) in [5.41, 5.74) is 0.383. The minimum absolute atomic E-state index is 0.150. The molecule has 0 aromatic carbocycles. The average molecular weight is 260 g/mol. The van der Waals surface area contributed by atoms with Crippen LogP contribution in [0.4, 0.5) is 0 Å². The van der Waals surface area contributed by atoms with Gasteiger partial charge in [-0.3, -0.25) is 0 Å². The molecule has 1 aliphatic rings. The van der Waals surface area contributed by atoms with Crippen molar-refractivity contribution >= 4 is 15.8 Å². The second-order valence-corrected chi connectivity index (χ2v) is 7.11. The van der Waals surface area contributed by atoms with E-state index in [0.29, 0.717) is 31.3 Å². The molecule has 1 rings (SSSR count). The SMILES string of the molecule is C=C(C)C(=O)OC1CCC(S(=O)(=O)CC)CC1. The standard InChI is InChI=1S/C12H20O4S/c1-4-17(14,15)11-7-5-10(6-8-11)16-12(13)9(2)3/h10-11H,2,4-8H2,1,3H3. The van der Waals surface area contributed by atoms with Crippen molar-refractivity contribution in [3.05, 3.63) is 12.2 Å². The highest BCUT2D eigenvalue weighted by Crippen LogP contribution is 2.26. The maximum Gasteiger partial charge on any atom is 0.333 e. The van der Waals surface area contributed by atoms with E-state index in [1.54, 1.807) is 13.8 Å². The van der Waals surface area contributed by atoms with E-state index in [0.717, 1.165) is 0 Å². The Morgan fingerprint density at radius 2 is 1.82 bits per heavy atom. The Bertz CT molecular complexity index is 389. The lowest BCUT2D eigenvalue weighted by molar-refractivity contribution is -0.145. The van der Waals surface area contributed by atoms with E-state index in [4.69, 9.17) is 4.74 Å². The highest BCUT2D eigenvalue weighted by Gasteiger charge is 2.31. The molecule has 0 atom stereocenters. The van der Waals surface area contributed by atoms with Gasteiger partial charge in [0.15, 0.2) is 9.84 Å². The van der Waals surface area contributed by atoms with E-state index in [-0.39, 0.29) is 23.1 Å². The third kappa shape index (κ3) is 3.84. The molecule has 17 heavy (non-hydrogen) atoms. The number of sulfone groups is 1. The van der Waals surface area contributed by atoms with Gasteiger partial charge >= 0.3 is 5.97 Å². The van der Waals surface area contributed by atoms with Gasteiger partial charge in [-0.2, -0.15) is 0 Å². The fourth-order valence-corrected chi connectivity index (χ4v) is 3.46. The molecule has 0 heterocycles. The summed E-state index contributed by atoms with van der Waals surface area (Å²) in [7, 11) is -2.95. The summed E-state index contributed by atoms with van der Waals surface area (Å²) in [5.74, 6) is -0.194. The molecule has 4 nitrogen and oxygen atoms in total. The zero-order chi connectivity index (χ0) is 13.1. The van der Waals surface area contributed by atoms with Gasteiger partial charge in [-0.05, 0) is 32.6 Å². The number of hydrogen-bond donors (Lipinski definition) is 0. The zero-order valence-electron chi connectivity index (χ0n) is 10.4. The molecule has 1 fully saturated rings. The lowest BCUT2D eigenvalue weighted by Crippen LogP contribution is -2.32. The third-order valence-electron chi connectivity index (χ3n) is 3.15. The molecule has 1 saturated carbocycles. The van der Waals surface area contributed by atoms with E-state index < -0.39 is 9.84 Å². The van der Waals surface area contributed by atoms with Gasteiger partial charge in [-0.1, -0.05) is 13.5 Å². The Kier molecular flexibility index (Phi) is 4.74. The average Bonchev–Trinajstić information content (AvgIpc) is 2.29. The van der Waals surface area contributed by atoms with Crippen LogP contribution in [0.2, 0.25) is 0 Å². The minimum Gasteiger partial charge on any atom is -0.459 e. The van der Waals surface area contributed by atoms with Gasteiger partial charge in [0.1, 0.15) is 6.10 Å². The Morgan fingerprint density at radius 3 is 2.24 bits per heavy atom. The Morgan fingerprint density at radius 1 is 1.29 bits per heavy atom. The van der Waals surface area contributed by atoms with Crippen LogP contribution in [0.15, 0.2) is 12.2 Å². The maximum absolute atomic E-state index is 11.7. The van der Waals surface area contributed by atoms with Gasteiger partial charge in [-0.25, -0.2) is 13.2 Å². The molecule has 0 aromatic rings. The molecular formula is C12H20O4S. The van der Waals surface area contributed by atoms with Crippen LogP contribution in [0.5, 0.6) is 0 Å². The molecule has 0 amide bonds. The van der Waals surface area contributed by atoms with Gasteiger partial charge in [0.05, 0.1) is 5.25 Å². The normalized spacial score (nSPS) is 25.3. The summed E-state index contributed by atoms with van der Waals surface area (Å²) in [6, 6.07) is 0. The van der Waals surface area contributed by atoms with E-state index in [1.165, 1.54) is 0 Å². The highest BCUT2D eigenvalue weighted by molar-refractivity contribution is 7.92. The molecule has 0 N–H and O–H groups in total. The van der Waals surface area contributed by atoms with Crippen molar-refractivity contribution in [3.63, 3.8) is 0 Å². The number of esters is 1. The smallest absolute Gasteiger partial charge is 0.333 e. The van der Waals surface area contributed by atoms with E-state index >= 15 is 0 Å². The van der Waals surface area contributed by atoms with Crippen molar-refractivity contribution < 1.29 is 17.9 Å². The second kappa shape index (κ2) is 5.67. The summed E-state index contributed by atoms with van der Waals surface area (Å²) in [6.45, 7) is 6.79. The Labute approximate surface area is 103 Å². The van der Waals surface area contributed by atoms with Gasteiger partial charge in [-0.15, -0.1) is 0 Å². The molecule has 0 spiro atoms. The van der Waals surface area contributed by atoms with Crippen molar-refractivity contribution in [2.45, 2.75) is 50.9 Å². The first-order valence-electron chi connectivity index (χ1n) is 5.95. The highest BCUT2D eigenvalue weighted by atomic mass is 32.2. The number of hydrogen-bond acceptors (Lipinski definition) is 4. The maximum atomic E-state index is 11.7. The molecule has 0 radical (unpaired) electrons. The van der Waals surface area contributed by atoms with Crippen molar-refractivity contribution in [1.82, 2.24) is 0 Å². The van der Waals surface area contributed by atoms with Crippen LogP contribution < -0.4 is 0 Å². The Balaban J connectivity index is 2.47. The van der Waals surface area contributed by atoms with Crippen molar-refractivity contribution in [2.24, 2.45) is 0 Å². The predicted octanol–water partition coefficient (Wildman–Crippen LogP) is 1.85. The van der Waals surface area contributed by atoms with Crippen LogP contribution in [0.3, 0.4) is 0 Å². The molecule has 0 bridgehead atoms. The number of carbonyl (C=O) groups excluding carboxylic acids is 1. The van der Waals surface area contributed by atoms with Crippen LogP contribution in [0, 0.1) is 0 Å². The summed E-state index contributed by atoms with van der Waals surface area (Å²) >= 11 is 0. The van der Waals surface area contributed by atoms with Gasteiger partial charge < -0.3 is 4.74 Å². The quantitative estimate of drug-likeness (QED) is 0.571. The van der Waals surface area contributed by atoms with E-state index in [1.807, 2.05) is 0 Å². The van der Waals surface area contributed by atoms with Crippen molar-refractivity contribution in [3.8, 4) is 0 Å². The number of carbonyl (C=O) groups is 1. The summed E-state index contributed by atoms with van der Waals surface area (Å²) in [5, 5.41) is -0.257. The second-order valence-electron chi connectivity index (χ2n) is 4.54. The summed E-state index contributed by atoms with van der Waals surface area (Å²) < 4.78 is 28.6. The zero-order valence-corrected chi connectivity index (χ0v) is 11.3. The fraction of sp³-hybridized carbons (Fsp3) is 0.750. The largest absolute Gasteiger partial charge is 0.459 e. The van der Waals surface area contributed by atoms with Gasteiger partial charge in [0.25, 0.3) is 0 Å².